The number of nitrogens with zero attached hydrogens (tertiary/aromatic N) is 1. The Morgan fingerprint density at radius 1 is 1.53 bits per heavy atom. The topological polar surface area (TPSA) is 58.4 Å². The maximum atomic E-state index is 11.4. The predicted molar refractivity (Wildman–Crippen MR) is 74.0 cm³/mol. The number of nitrogens with two attached hydrogens (primary N) is 1. The molecule has 1 aromatic rings. The second kappa shape index (κ2) is 6.61. The zero-order valence-corrected chi connectivity index (χ0v) is 11.8. The van der Waals surface area contributed by atoms with Crippen LogP contribution in [0.15, 0.2) is 22.7 Å². The van der Waals surface area contributed by atoms with E-state index in [0.717, 1.165) is 22.3 Å². The fourth-order valence-electron chi connectivity index (χ4n) is 1.55. The Labute approximate surface area is 110 Å². The summed E-state index contributed by atoms with van der Waals surface area (Å²) < 4.78 is 0.964. The highest BCUT2D eigenvalue weighted by Gasteiger charge is 2.11. The Balaban J connectivity index is 2.92. The molecule has 0 spiro atoms. The van der Waals surface area contributed by atoms with Gasteiger partial charge in [0.15, 0.2) is 0 Å². The zero-order valence-electron chi connectivity index (χ0n) is 10.2. The fraction of sp³-hybridized carbons (Fsp3) is 0.417. The number of hydrogen-bond acceptors (Lipinski definition) is 3. The zero-order chi connectivity index (χ0) is 12.8. The van der Waals surface area contributed by atoms with Gasteiger partial charge < -0.3 is 16.0 Å². The second-order valence-electron chi connectivity index (χ2n) is 3.68. The molecule has 3 N–H and O–H groups in total. The lowest BCUT2D eigenvalue weighted by Gasteiger charge is -2.23. The second-order valence-corrected chi connectivity index (χ2v) is 4.53. The monoisotopic (exact) mass is 299 g/mol. The summed E-state index contributed by atoms with van der Waals surface area (Å²) in [6.07, 6.45) is 0. The van der Waals surface area contributed by atoms with Gasteiger partial charge in [0, 0.05) is 24.6 Å². The molecule has 0 atom stereocenters. The van der Waals surface area contributed by atoms with Crippen LogP contribution in [-0.4, -0.2) is 26.0 Å². The molecule has 0 aliphatic rings. The van der Waals surface area contributed by atoms with Gasteiger partial charge in [0.05, 0.1) is 12.2 Å². The average molecular weight is 300 g/mol. The Morgan fingerprint density at radius 3 is 2.71 bits per heavy atom. The van der Waals surface area contributed by atoms with Crippen molar-refractivity contribution in [2.24, 2.45) is 5.73 Å². The third-order valence-electron chi connectivity index (χ3n) is 2.58. The number of amides is 1. The highest BCUT2D eigenvalue weighted by atomic mass is 79.9. The van der Waals surface area contributed by atoms with Gasteiger partial charge in [-0.05, 0) is 40.5 Å². The number of benzene rings is 1. The van der Waals surface area contributed by atoms with E-state index < -0.39 is 0 Å². The molecule has 1 amide bonds. The first kappa shape index (κ1) is 14.0. The van der Waals surface area contributed by atoms with E-state index in [0.29, 0.717) is 13.1 Å². The number of nitrogens with one attached hydrogen (secondary N) is 1. The van der Waals surface area contributed by atoms with E-state index in [1.54, 1.807) is 7.05 Å². The minimum Gasteiger partial charge on any atom is -0.362 e. The number of likely N-dealkylation sites (N-methyl/N-ethyl adjacent to an activating group) is 2. The van der Waals surface area contributed by atoms with Gasteiger partial charge in [-0.25, -0.2) is 0 Å². The van der Waals surface area contributed by atoms with Crippen molar-refractivity contribution >= 4 is 27.5 Å². The van der Waals surface area contributed by atoms with Crippen molar-refractivity contribution in [2.45, 2.75) is 13.5 Å². The Kier molecular flexibility index (Phi) is 5.44. The van der Waals surface area contributed by atoms with Crippen LogP contribution < -0.4 is 16.0 Å². The normalized spacial score (nSPS) is 10.1. The van der Waals surface area contributed by atoms with Crippen molar-refractivity contribution in [3.05, 3.63) is 28.2 Å². The lowest BCUT2D eigenvalue weighted by Crippen LogP contribution is -2.35. The number of rotatable bonds is 5. The summed E-state index contributed by atoms with van der Waals surface area (Å²) in [5.74, 6) is 0.00153. The molecule has 0 saturated carbocycles. The molecule has 0 saturated heterocycles. The summed E-state index contributed by atoms with van der Waals surface area (Å²) >= 11 is 3.51. The Morgan fingerprint density at radius 2 is 2.24 bits per heavy atom. The molecule has 0 aromatic heterocycles. The first-order valence-corrected chi connectivity index (χ1v) is 6.35. The van der Waals surface area contributed by atoms with Crippen molar-refractivity contribution in [3.8, 4) is 0 Å². The molecule has 5 heteroatoms. The number of carbonyl (C=O) groups is 1. The SMILES string of the molecule is CCN(CC(=O)NC)c1ccc(CN)cc1Br. The first-order chi connectivity index (χ1) is 8.12. The smallest absolute Gasteiger partial charge is 0.239 e. The molecule has 0 bridgehead atoms. The van der Waals surface area contributed by atoms with E-state index in [9.17, 15) is 4.79 Å². The molecule has 4 nitrogen and oxygen atoms in total. The van der Waals surface area contributed by atoms with Crippen LogP contribution in [0.4, 0.5) is 5.69 Å². The third kappa shape index (κ3) is 3.71. The van der Waals surface area contributed by atoms with E-state index in [1.165, 1.54) is 0 Å². The molecule has 94 valence electrons. The van der Waals surface area contributed by atoms with Gasteiger partial charge >= 0.3 is 0 Å². The predicted octanol–water partition coefficient (Wildman–Crippen LogP) is 1.48. The molecule has 0 unspecified atom stereocenters. The maximum absolute atomic E-state index is 11.4. The molecule has 1 rings (SSSR count). The number of carbonyl (C=O) groups excluding carboxylic acids is 1. The van der Waals surface area contributed by atoms with Crippen LogP contribution in [0, 0.1) is 0 Å². The maximum Gasteiger partial charge on any atom is 0.239 e. The lowest BCUT2D eigenvalue weighted by molar-refractivity contribution is -0.119. The van der Waals surface area contributed by atoms with Gasteiger partial charge in [0.1, 0.15) is 0 Å². The van der Waals surface area contributed by atoms with Crippen molar-refractivity contribution in [1.29, 1.82) is 0 Å². The Bertz CT molecular complexity index is 395. The van der Waals surface area contributed by atoms with Crippen LogP contribution in [-0.2, 0) is 11.3 Å². The van der Waals surface area contributed by atoms with Crippen molar-refractivity contribution < 1.29 is 4.79 Å². The van der Waals surface area contributed by atoms with E-state index in [4.69, 9.17) is 5.73 Å². The van der Waals surface area contributed by atoms with Crippen molar-refractivity contribution in [2.75, 3.05) is 25.0 Å². The van der Waals surface area contributed by atoms with E-state index in [-0.39, 0.29) is 5.91 Å². The molecule has 0 fully saturated rings. The van der Waals surface area contributed by atoms with Crippen molar-refractivity contribution in [1.82, 2.24) is 5.32 Å². The van der Waals surface area contributed by atoms with Crippen LogP contribution in [0.3, 0.4) is 0 Å². The quantitative estimate of drug-likeness (QED) is 0.866. The van der Waals surface area contributed by atoms with Crippen LogP contribution in [0.25, 0.3) is 0 Å². The summed E-state index contributed by atoms with van der Waals surface area (Å²) in [6.45, 7) is 3.66. The summed E-state index contributed by atoms with van der Waals surface area (Å²) in [4.78, 5) is 13.4. The van der Waals surface area contributed by atoms with E-state index in [2.05, 4.69) is 21.2 Å². The molecule has 0 heterocycles. The number of anilines is 1. The largest absolute Gasteiger partial charge is 0.362 e. The molecule has 0 aliphatic heterocycles. The van der Waals surface area contributed by atoms with Crippen LogP contribution in [0.1, 0.15) is 12.5 Å². The molecule has 17 heavy (non-hydrogen) atoms. The standard InChI is InChI=1S/C12H18BrN3O/c1-3-16(8-12(17)15-2)11-5-4-9(7-14)6-10(11)13/h4-6H,3,7-8,14H2,1-2H3,(H,15,17). The first-order valence-electron chi connectivity index (χ1n) is 5.56. The van der Waals surface area contributed by atoms with Crippen LogP contribution in [0.5, 0.6) is 0 Å². The fourth-order valence-corrected chi connectivity index (χ4v) is 2.23. The van der Waals surface area contributed by atoms with Gasteiger partial charge in [-0.1, -0.05) is 6.07 Å². The molecule has 0 radical (unpaired) electrons. The number of halogens is 1. The summed E-state index contributed by atoms with van der Waals surface area (Å²) in [7, 11) is 1.64. The average Bonchev–Trinajstić information content (AvgIpc) is 2.35. The van der Waals surface area contributed by atoms with Crippen molar-refractivity contribution in [3.63, 3.8) is 0 Å². The minimum atomic E-state index is 0.00153. The van der Waals surface area contributed by atoms with Gasteiger partial charge in [-0.3, -0.25) is 4.79 Å². The van der Waals surface area contributed by atoms with Gasteiger partial charge in [-0.15, -0.1) is 0 Å². The van der Waals surface area contributed by atoms with Crippen LogP contribution >= 0.6 is 15.9 Å². The Hall–Kier alpha value is -1.07. The van der Waals surface area contributed by atoms with E-state index in [1.807, 2.05) is 30.0 Å². The summed E-state index contributed by atoms with van der Waals surface area (Å²) in [5, 5.41) is 2.63. The molecule has 0 aliphatic carbocycles. The minimum absolute atomic E-state index is 0.00153. The highest BCUT2D eigenvalue weighted by Crippen LogP contribution is 2.27. The molecule has 1 aromatic carbocycles. The van der Waals surface area contributed by atoms with E-state index >= 15 is 0 Å². The molecular weight excluding hydrogens is 282 g/mol. The number of hydrogen-bond donors (Lipinski definition) is 2. The highest BCUT2D eigenvalue weighted by molar-refractivity contribution is 9.10. The molecular formula is C12H18BrN3O. The summed E-state index contributed by atoms with van der Waals surface area (Å²) in [5.41, 5.74) is 7.66. The third-order valence-corrected chi connectivity index (χ3v) is 3.22. The van der Waals surface area contributed by atoms with Crippen LogP contribution in [0.2, 0.25) is 0 Å². The lowest BCUT2D eigenvalue weighted by atomic mass is 10.2. The van der Waals surface area contributed by atoms with Gasteiger partial charge in [0.25, 0.3) is 0 Å². The van der Waals surface area contributed by atoms with Gasteiger partial charge in [0.2, 0.25) is 5.91 Å². The summed E-state index contributed by atoms with van der Waals surface area (Å²) in [6, 6.07) is 5.95. The van der Waals surface area contributed by atoms with Gasteiger partial charge in [-0.2, -0.15) is 0 Å².